The second kappa shape index (κ2) is 8.55. The standard InChI is InChI=1S/C21H31NO2/c1-2-3-4-8-11-20-16-22(21(23)24-20)19-14-12-18(13-15-19)17-9-6-5-7-10-17/h12-15,17,20H,2-11,16H2,1H3. The lowest BCUT2D eigenvalue weighted by Crippen LogP contribution is -2.24. The number of ether oxygens (including phenoxy) is 1. The SMILES string of the molecule is CCCCCCC1CN(c2ccc(C3CCCCC3)cc2)C(=O)O1. The van der Waals surface area contributed by atoms with Gasteiger partial charge in [-0.2, -0.15) is 0 Å². The molecule has 132 valence electrons. The van der Waals surface area contributed by atoms with Gasteiger partial charge in [-0.15, -0.1) is 0 Å². The number of hydrogen-bond donors (Lipinski definition) is 0. The molecule has 0 spiro atoms. The number of carbonyl (C=O) groups excluding carboxylic acids is 1. The number of anilines is 1. The van der Waals surface area contributed by atoms with E-state index in [1.807, 2.05) is 0 Å². The van der Waals surface area contributed by atoms with Crippen molar-refractivity contribution < 1.29 is 9.53 Å². The van der Waals surface area contributed by atoms with Crippen molar-refractivity contribution in [3.63, 3.8) is 0 Å². The average Bonchev–Trinajstić information content (AvgIpc) is 3.00. The Balaban J connectivity index is 1.54. The number of unbranched alkanes of at least 4 members (excludes halogenated alkanes) is 3. The number of amides is 1. The number of nitrogens with zero attached hydrogens (tertiary/aromatic N) is 1. The van der Waals surface area contributed by atoms with Crippen LogP contribution in [0.15, 0.2) is 24.3 Å². The van der Waals surface area contributed by atoms with E-state index in [-0.39, 0.29) is 12.2 Å². The van der Waals surface area contributed by atoms with E-state index >= 15 is 0 Å². The fraction of sp³-hybridized carbons (Fsp3) is 0.667. The van der Waals surface area contributed by atoms with Crippen molar-refractivity contribution in [2.24, 2.45) is 0 Å². The van der Waals surface area contributed by atoms with Crippen LogP contribution < -0.4 is 4.90 Å². The quantitative estimate of drug-likeness (QED) is 0.572. The summed E-state index contributed by atoms with van der Waals surface area (Å²) in [5.41, 5.74) is 2.41. The highest BCUT2D eigenvalue weighted by Gasteiger charge is 2.31. The van der Waals surface area contributed by atoms with E-state index in [1.54, 1.807) is 4.90 Å². The van der Waals surface area contributed by atoms with Gasteiger partial charge < -0.3 is 4.74 Å². The van der Waals surface area contributed by atoms with Gasteiger partial charge in [-0.05, 0) is 49.3 Å². The van der Waals surface area contributed by atoms with E-state index in [4.69, 9.17) is 4.74 Å². The van der Waals surface area contributed by atoms with Crippen LogP contribution in [0.2, 0.25) is 0 Å². The van der Waals surface area contributed by atoms with E-state index in [0.717, 1.165) is 18.5 Å². The Bertz CT molecular complexity index is 519. The van der Waals surface area contributed by atoms with E-state index in [1.165, 1.54) is 56.9 Å². The maximum atomic E-state index is 12.2. The van der Waals surface area contributed by atoms with Crippen LogP contribution in [0.25, 0.3) is 0 Å². The molecule has 1 aliphatic heterocycles. The third kappa shape index (κ3) is 4.31. The van der Waals surface area contributed by atoms with Gasteiger partial charge in [-0.25, -0.2) is 4.79 Å². The minimum absolute atomic E-state index is 0.0624. The topological polar surface area (TPSA) is 29.5 Å². The molecule has 1 saturated heterocycles. The number of hydrogen-bond acceptors (Lipinski definition) is 2. The monoisotopic (exact) mass is 329 g/mol. The van der Waals surface area contributed by atoms with Crippen LogP contribution in [0.4, 0.5) is 10.5 Å². The normalized spacial score (nSPS) is 22.0. The second-order valence-electron chi connectivity index (χ2n) is 7.39. The van der Waals surface area contributed by atoms with Crippen LogP contribution in [-0.2, 0) is 4.74 Å². The summed E-state index contributed by atoms with van der Waals surface area (Å²) in [6.45, 7) is 2.92. The smallest absolute Gasteiger partial charge is 0.414 e. The fourth-order valence-corrected chi connectivity index (χ4v) is 4.04. The summed E-state index contributed by atoms with van der Waals surface area (Å²) in [5, 5.41) is 0. The van der Waals surface area contributed by atoms with Gasteiger partial charge in [0.05, 0.1) is 6.54 Å². The average molecular weight is 329 g/mol. The van der Waals surface area contributed by atoms with Crippen LogP contribution in [0.5, 0.6) is 0 Å². The predicted octanol–water partition coefficient (Wildman–Crippen LogP) is 6.03. The summed E-state index contributed by atoms with van der Waals surface area (Å²) in [7, 11) is 0. The molecule has 1 atom stereocenters. The van der Waals surface area contributed by atoms with Crippen molar-refractivity contribution in [1.82, 2.24) is 0 Å². The van der Waals surface area contributed by atoms with E-state index < -0.39 is 0 Å². The van der Waals surface area contributed by atoms with E-state index in [0.29, 0.717) is 12.5 Å². The Morgan fingerprint density at radius 2 is 1.79 bits per heavy atom. The maximum Gasteiger partial charge on any atom is 0.414 e. The number of carbonyl (C=O) groups is 1. The molecule has 0 bridgehead atoms. The summed E-state index contributed by atoms with van der Waals surface area (Å²) >= 11 is 0. The highest BCUT2D eigenvalue weighted by Crippen LogP contribution is 2.34. The summed E-state index contributed by atoms with van der Waals surface area (Å²) < 4.78 is 5.54. The Labute approximate surface area is 146 Å². The van der Waals surface area contributed by atoms with Gasteiger partial charge in [-0.1, -0.05) is 57.6 Å². The molecule has 24 heavy (non-hydrogen) atoms. The molecule has 1 amide bonds. The predicted molar refractivity (Wildman–Crippen MR) is 98.6 cm³/mol. The maximum absolute atomic E-state index is 12.2. The molecular weight excluding hydrogens is 298 g/mol. The van der Waals surface area contributed by atoms with Crippen molar-refractivity contribution in [1.29, 1.82) is 0 Å². The van der Waals surface area contributed by atoms with Crippen LogP contribution >= 0.6 is 0 Å². The van der Waals surface area contributed by atoms with Gasteiger partial charge in [0.25, 0.3) is 0 Å². The molecule has 0 aromatic heterocycles. The Kier molecular flexibility index (Phi) is 6.17. The van der Waals surface area contributed by atoms with Gasteiger partial charge in [0, 0.05) is 5.69 Å². The van der Waals surface area contributed by atoms with Crippen molar-refractivity contribution >= 4 is 11.8 Å². The van der Waals surface area contributed by atoms with Gasteiger partial charge >= 0.3 is 6.09 Å². The molecule has 1 saturated carbocycles. The molecule has 1 aliphatic carbocycles. The zero-order valence-electron chi connectivity index (χ0n) is 15.0. The Morgan fingerprint density at radius 3 is 2.50 bits per heavy atom. The lowest BCUT2D eigenvalue weighted by Gasteiger charge is -2.22. The third-order valence-electron chi connectivity index (χ3n) is 5.54. The van der Waals surface area contributed by atoms with Gasteiger partial charge in [-0.3, -0.25) is 4.90 Å². The lowest BCUT2D eigenvalue weighted by molar-refractivity contribution is 0.135. The molecular formula is C21H31NO2. The molecule has 0 radical (unpaired) electrons. The van der Waals surface area contributed by atoms with Crippen LogP contribution in [0, 0.1) is 0 Å². The molecule has 0 N–H and O–H groups in total. The molecule has 3 rings (SSSR count). The third-order valence-corrected chi connectivity index (χ3v) is 5.54. The minimum Gasteiger partial charge on any atom is -0.444 e. The van der Waals surface area contributed by atoms with Crippen molar-refractivity contribution in [3.05, 3.63) is 29.8 Å². The summed E-state index contributed by atoms with van der Waals surface area (Å²) in [6.07, 6.45) is 12.5. The Morgan fingerprint density at radius 1 is 1.04 bits per heavy atom. The molecule has 2 fully saturated rings. The first-order valence-corrected chi connectivity index (χ1v) is 9.86. The molecule has 1 aromatic carbocycles. The van der Waals surface area contributed by atoms with Crippen molar-refractivity contribution in [2.45, 2.75) is 83.2 Å². The largest absolute Gasteiger partial charge is 0.444 e. The van der Waals surface area contributed by atoms with Crippen LogP contribution in [0.1, 0.15) is 82.6 Å². The molecule has 1 unspecified atom stereocenters. The summed E-state index contributed by atoms with van der Waals surface area (Å²) in [6, 6.07) is 8.63. The first-order valence-electron chi connectivity index (χ1n) is 9.86. The Hall–Kier alpha value is -1.51. The minimum atomic E-state index is -0.180. The van der Waals surface area contributed by atoms with Crippen molar-refractivity contribution in [2.75, 3.05) is 11.4 Å². The summed E-state index contributed by atoms with van der Waals surface area (Å²) in [4.78, 5) is 14.0. The van der Waals surface area contributed by atoms with E-state index in [9.17, 15) is 4.79 Å². The first-order chi connectivity index (χ1) is 11.8. The van der Waals surface area contributed by atoms with Crippen molar-refractivity contribution in [3.8, 4) is 0 Å². The lowest BCUT2D eigenvalue weighted by atomic mass is 9.84. The zero-order chi connectivity index (χ0) is 16.8. The highest BCUT2D eigenvalue weighted by molar-refractivity contribution is 5.89. The number of rotatable bonds is 7. The zero-order valence-corrected chi connectivity index (χ0v) is 15.0. The summed E-state index contributed by atoms with van der Waals surface area (Å²) in [5.74, 6) is 0.713. The number of benzene rings is 1. The molecule has 2 aliphatic rings. The van der Waals surface area contributed by atoms with Gasteiger partial charge in [0.15, 0.2) is 0 Å². The molecule has 1 heterocycles. The number of cyclic esters (lactones) is 1. The molecule has 3 nitrogen and oxygen atoms in total. The molecule has 3 heteroatoms. The van der Waals surface area contributed by atoms with Gasteiger partial charge in [0.2, 0.25) is 0 Å². The van der Waals surface area contributed by atoms with E-state index in [2.05, 4.69) is 31.2 Å². The second-order valence-corrected chi connectivity index (χ2v) is 7.39. The van der Waals surface area contributed by atoms with Crippen LogP contribution in [-0.4, -0.2) is 18.7 Å². The van der Waals surface area contributed by atoms with Gasteiger partial charge in [0.1, 0.15) is 6.10 Å². The van der Waals surface area contributed by atoms with Crippen LogP contribution in [0.3, 0.4) is 0 Å². The first kappa shape index (κ1) is 17.3. The highest BCUT2D eigenvalue weighted by atomic mass is 16.6. The molecule has 1 aromatic rings. The fourth-order valence-electron chi connectivity index (χ4n) is 4.04.